The molecule has 0 atom stereocenters. The first-order valence-electron chi connectivity index (χ1n) is 6.92. The Kier molecular flexibility index (Phi) is 6.49. The molecule has 19 heavy (non-hydrogen) atoms. The molecule has 1 aromatic heterocycles. The van der Waals surface area contributed by atoms with Gasteiger partial charge in [0.15, 0.2) is 5.69 Å². The molecule has 1 rings (SSSR count). The Morgan fingerprint density at radius 3 is 2.68 bits per heavy atom. The van der Waals surface area contributed by atoms with E-state index >= 15 is 0 Å². The summed E-state index contributed by atoms with van der Waals surface area (Å²) in [6.45, 7) is 9.16. The minimum absolute atomic E-state index is 0.00193. The van der Waals surface area contributed by atoms with Crippen LogP contribution in [0.2, 0.25) is 0 Å². The van der Waals surface area contributed by atoms with Crippen molar-refractivity contribution in [2.75, 3.05) is 13.1 Å². The number of hydrogen-bond acceptors (Lipinski definition) is 4. The zero-order valence-electron chi connectivity index (χ0n) is 12.0. The Hall–Kier alpha value is -1.43. The number of carbonyl (C=O) groups is 1. The van der Waals surface area contributed by atoms with Gasteiger partial charge in [-0.15, -0.1) is 5.10 Å². The Morgan fingerprint density at radius 2 is 2.16 bits per heavy atom. The summed E-state index contributed by atoms with van der Waals surface area (Å²) in [6, 6.07) is 0.485. The van der Waals surface area contributed by atoms with Crippen molar-refractivity contribution in [2.24, 2.45) is 0 Å². The molecule has 0 amide bonds. The SMILES string of the molecule is CCCCCN(CCn1cc(C(=O)O)nn1)C(C)C. The van der Waals surface area contributed by atoms with Gasteiger partial charge < -0.3 is 5.11 Å². The first-order chi connectivity index (χ1) is 9.04. The van der Waals surface area contributed by atoms with Gasteiger partial charge in [0.25, 0.3) is 0 Å². The number of aromatic nitrogens is 3. The van der Waals surface area contributed by atoms with Crippen LogP contribution in [-0.4, -0.2) is 50.1 Å². The highest BCUT2D eigenvalue weighted by atomic mass is 16.4. The van der Waals surface area contributed by atoms with E-state index in [-0.39, 0.29) is 5.69 Å². The molecule has 0 aromatic carbocycles. The van der Waals surface area contributed by atoms with E-state index in [2.05, 4.69) is 36.0 Å². The third-order valence-corrected chi connectivity index (χ3v) is 3.15. The van der Waals surface area contributed by atoms with Gasteiger partial charge in [-0.3, -0.25) is 9.58 Å². The number of carboxylic acid groups (broad SMARTS) is 1. The Labute approximate surface area is 114 Å². The molecule has 6 nitrogen and oxygen atoms in total. The molecule has 0 aliphatic carbocycles. The van der Waals surface area contributed by atoms with Crippen LogP contribution in [0, 0.1) is 0 Å². The predicted molar refractivity (Wildman–Crippen MR) is 73.2 cm³/mol. The minimum Gasteiger partial charge on any atom is -0.476 e. The van der Waals surface area contributed by atoms with Crippen molar-refractivity contribution >= 4 is 5.97 Å². The molecular weight excluding hydrogens is 244 g/mol. The monoisotopic (exact) mass is 268 g/mol. The molecule has 0 aliphatic heterocycles. The molecule has 0 spiro atoms. The van der Waals surface area contributed by atoms with Crippen LogP contribution in [0.4, 0.5) is 0 Å². The number of nitrogens with zero attached hydrogens (tertiary/aromatic N) is 4. The summed E-state index contributed by atoms with van der Waals surface area (Å²) in [7, 11) is 0. The maximum absolute atomic E-state index is 10.7. The molecule has 1 heterocycles. The second kappa shape index (κ2) is 7.89. The van der Waals surface area contributed by atoms with Crippen molar-refractivity contribution in [1.82, 2.24) is 19.9 Å². The molecule has 108 valence electrons. The highest BCUT2D eigenvalue weighted by molar-refractivity contribution is 5.84. The molecule has 0 saturated carbocycles. The summed E-state index contributed by atoms with van der Waals surface area (Å²) in [5.74, 6) is -1.03. The van der Waals surface area contributed by atoms with E-state index in [4.69, 9.17) is 5.11 Å². The lowest BCUT2D eigenvalue weighted by atomic mass is 10.2. The van der Waals surface area contributed by atoms with E-state index in [9.17, 15) is 4.79 Å². The second-order valence-corrected chi connectivity index (χ2v) is 5.01. The van der Waals surface area contributed by atoms with Crippen LogP contribution in [0.5, 0.6) is 0 Å². The molecule has 0 radical (unpaired) electrons. The van der Waals surface area contributed by atoms with Crippen LogP contribution in [-0.2, 0) is 6.54 Å². The van der Waals surface area contributed by atoms with E-state index in [1.807, 2.05) is 0 Å². The van der Waals surface area contributed by atoms with Crippen molar-refractivity contribution in [3.8, 4) is 0 Å². The van der Waals surface area contributed by atoms with Gasteiger partial charge in [0.2, 0.25) is 0 Å². The lowest BCUT2D eigenvalue weighted by molar-refractivity contribution is 0.0690. The topological polar surface area (TPSA) is 71.2 Å². The van der Waals surface area contributed by atoms with Crippen LogP contribution < -0.4 is 0 Å². The lowest BCUT2D eigenvalue weighted by Gasteiger charge is -2.26. The van der Waals surface area contributed by atoms with E-state index in [0.717, 1.165) is 13.1 Å². The van der Waals surface area contributed by atoms with Gasteiger partial charge in [-0.25, -0.2) is 4.79 Å². The molecule has 0 bridgehead atoms. The summed E-state index contributed by atoms with van der Waals surface area (Å²) in [6.07, 6.45) is 5.14. The average Bonchev–Trinajstić information content (AvgIpc) is 2.82. The molecule has 0 unspecified atom stereocenters. The summed E-state index contributed by atoms with van der Waals surface area (Å²) in [5.41, 5.74) is 0.00193. The average molecular weight is 268 g/mol. The largest absolute Gasteiger partial charge is 0.476 e. The highest BCUT2D eigenvalue weighted by Crippen LogP contribution is 2.04. The molecule has 1 N–H and O–H groups in total. The molecule has 6 heteroatoms. The highest BCUT2D eigenvalue weighted by Gasteiger charge is 2.11. The Morgan fingerprint density at radius 1 is 1.42 bits per heavy atom. The number of rotatable bonds is 9. The van der Waals surface area contributed by atoms with E-state index < -0.39 is 5.97 Å². The fourth-order valence-electron chi connectivity index (χ4n) is 1.93. The summed E-state index contributed by atoms with van der Waals surface area (Å²) < 4.78 is 1.60. The van der Waals surface area contributed by atoms with Gasteiger partial charge in [0.05, 0.1) is 12.7 Å². The van der Waals surface area contributed by atoms with Crippen LogP contribution in [0.25, 0.3) is 0 Å². The van der Waals surface area contributed by atoms with Crippen molar-refractivity contribution in [3.05, 3.63) is 11.9 Å². The number of carboxylic acids is 1. The summed E-state index contributed by atoms with van der Waals surface area (Å²) >= 11 is 0. The first-order valence-corrected chi connectivity index (χ1v) is 6.92. The first kappa shape index (κ1) is 15.6. The molecule has 0 saturated heterocycles. The van der Waals surface area contributed by atoms with Crippen LogP contribution in [0.3, 0.4) is 0 Å². The number of aromatic carboxylic acids is 1. The van der Waals surface area contributed by atoms with Gasteiger partial charge in [-0.1, -0.05) is 25.0 Å². The number of hydrogen-bond donors (Lipinski definition) is 1. The maximum Gasteiger partial charge on any atom is 0.358 e. The van der Waals surface area contributed by atoms with Gasteiger partial charge in [0, 0.05) is 12.6 Å². The minimum atomic E-state index is -1.03. The van der Waals surface area contributed by atoms with E-state index in [1.165, 1.54) is 25.5 Å². The fraction of sp³-hybridized carbons (Fsp3) is 0.769. The van der Waals surface area contributed by atoms with Crippen LogP contribution in [0.1, 0.15) is 50.5 Å². The normalized spacial score (nSPS) is 11.4. The third-order valence-electron chi connectivity index (χ3n) is 3.15. The van der Waals surface area contributed by atoms with Gasteiger partial charge >= 0.3 is 5.97 Å². The zero-order chi connectivity index (χ0) is 14.3. The fourth-order valence-corrected chi connectivity index (χ4v) is 1.93. The molecule has 0 fully saturated rings. The van der Waals surface area contributed by atoms with Crippen molar-refractivity contribution < 1.29 is 9.90 Å². The number of unbranched alkanes of at least 4 members (excludes halogenated alkanes) is 2. The van der Waals surface area contributed by atoms with Gasteiger partial charge in [-0.05, 0) is 26.8 Å². The Balaban J connectivity index is 2.43. The van der Waals surface area contributed by atoms with E-state index in [1.54, 1.807) is 4.68 Å². The van der Waals surface area contributed by atoms with Crippen molar-refractivity contribution in [1.29, 1.82) is 0 Å². The van der Waals surface area contributed by atoms with E-state index in [0.29, 0.717) is 12.6 Å². The maximum atomic E-state index is 10.7. The predicted octanol–water partition coefficient (Wildman–Crippen LogP) is 1.88. The van der Waals surface area contributed by atoms with Crippen LogP contribution in [0.15, 0.2) is 6.20 Å². The lowest BCUT2D eigenvalue weighted by Crippen LogP contribution is -2.34. The molecule has 1 aromatic rings. The smallest absolute Gasteiger partial charge is 0.358 e. The van der Waals surface area contributed by atoms with Crippen LogP contribution >= 0.6 is 0 Å². The van der Waals surface area contributed by atoms with Gasteiger partial charge in [-0.2, -0.15) is 0 Å². The summed E-state index contributed by atoms with van der Waals surface area (Å²) in [4.78, 5) is 13.1. The Bertz CT molecular complexity index is 390. The van der Waals surface area contributed by atoms with Crippen molar-refractivity contribution in [3.63, 3.8) is 0 Å². The summed E-state index contributed by atoms with van der Waals surface area (Å²) in [5, 5.41) is 16.2. The van der Waals surface area contributed by atoms with Crippen molar-refractivity contribution in [2.45, 2.75) is 52.6 Å². The molecular formula is C13H24N4O2. The second-order valence-electron chi connectivity index (χ2n) is 5.01. The quantitative estimate of drug-likeness (QED) is 0.692. The van der Waals surface area contributed by atoms with Gasteiger partial charge in [0.1, 0.15) is 0 Å². The zero-order valence-corrected chi connectivity index (χ0v) is 12.0. The standard InChI is InChI=1S/C13H24N4O2/c1-4-5-6-7-16(11(2)3)8-9-17-10-12(13(18)19)14-15-17/h10-11H,4-9H2,1-3H3,(H,18,19). The third kappa shape index (κ3) is 5.38. The molecule has 0 aliphatic rings.